The first kappa shape index (κ1) is 11.3. The standard InChI is InChI=1S/C14H6N6O/c15-6-9(7-16)12-17-18-13-10-5-8-3-1-2-4-11(8)21-14(10)19-20(12)13/h1-5,17H. The average molecular weight is 274 g/mol. The number of benzene rings is 1. The molecule has 0 aliphatic carbocycles. The minimum absolute atomic E-state index is 0.0881. The molecule has 0 fully saturated rings. The summed E-state index contributed by atoms with van der Waals surface area (Å²) in [5, 5.41) is 29.7. The van der Waals surface area contributed by atoms with Gasteiger partial charge in [-0.05, 0) is 12.1 Å². The van der Waals surface area contributed by atoms with Crippen molar-refractivity contribution in [2.24, 2.45) is 0 Å². The van der Waals surface area contributed by atoms with Crippen LogP contribution in [0.2, 0.25) is 0 Å². The second-order valence-corrected chi connectivity index (χ2v) is 4.41. The highest BCUT2D eigenvalue weighted by Gasteiger charge is 2.18. The van der Waals surface area contributed by atoms with Crippen LogP contribution in [-0.2, 0) is 0 Å². The van der Waals surface area contributed by atoms with Gasteiger partial charge in [-0.15, -0.1) is 5.10 Å². The van der Waals surface area contributed by atoms with Gasteiger partial charge < -0.3 is 4.74 Å². The Morgan fingerprint density at radius 3 is 2.86 bits per heavy atom. The summed E-state index contributed by atoms with van der Waals surface area (Å²) in [5.74, 6) is 1.11. The number of ether oxygens (including phenoxy) is 1. The molecule has 0 radical (unpaired) electrons. The van der Waals surface area contributed by atoms with E-state index >= 15 is 0 Å². The van der Waals surface area contributed by atoms with Crippen molar-refractivity contribution in [3.8, 4) is 23.8 Å². The van der Waals surface area contributed by atoms with E-state index in [0.717, 1.165) is 5.56 Å². The highest BCUT2D eigenvalue weighted by molar-refractivity contribution is 5.72. The molecule has 2 aromatic heterocycles. The van der Waals surface area contributed by atoms with Crippen LogP contribution >= 0.6 is 0 Å². The van der Waals surface area contributed by atoms with Gasteiger partial charge in [0, 0.05) is 5.56 Å². The lowest BCUT2D eigenvalue weighted by Gasteiger charge is -2.09. The number of aromatic amines is 1. The Balaban J connectivity index is 2.11. The molecule has 0 bridgehead atoms. The third-order valence-electron chi connectivity index (χ3n) is 3.23. The zero-order valence-corrected chi connectivity index (χ0v) is 10.5. The highest BCUT2D eigenvalue weighted by Crippen LogP contribution is 2.26. The molecule has 3 heterocycles. The van der Waals surface area contributed by atoms with E-state index in [9.17, 15) is 0 Å². The monoisotopic (exact) mass is 274 g/mol. The van der Waals surface area contributed by atoms with Crippen molar-refractivity contribution < 1.29 is 4.74 Å². The van der Waals surface area contributed by atoms with Gasteiger partial charge in [-0.25, -0.2) is 0 Å². The Morgan fingerprint density at radius 1 is 1.24 bits per heavy atom. The molecule has 98 valence electrons. The van der Waals surface area contributed by atoms with Crippen molar-refractivity contribution in [2.45, 2.75) is 0 Å². The summed E-state index contributed by atoms with van der Waals surface area (Å²) < 4.78 is 7.14. The fraction of sp³-hybridized carbons (Fsp3) is 0. The van der Waals surface area contributed by atoms with Gasteiger partial charge >= 0.3 is 0 Å². The summed E-state index contributed by atoms with van der Waals surface area (Å²) in [6.45, 7) is 0. The Bertz CT molecular complexity index is 1070. The van der Waals surface area contributed by atoms with Gasteiger partial charge in [-0.1, -0.05) is 18.2 Å². The summed E-state index contributed by atoms with van der Waals surface area (Å²) in [4.78, 5) is 0. The second-order valence-electron chi connectivity index (χ2n) is 4.41. The first-order valence-electron chi connectivity index (χ1n) is 6.08. The summed E-state index contributed by atoms with van der Waals surface area (Å²) >= 11 is 0. The fourth-order valence-electron chi connectivity index (χ4n) is 2.27. The molecule has 0 amide bonds. The third-order valence-corrected chi connectivity index (χ3v) is 3.23. The number of aromatic nitrogens is 4. The van der Waals surface area contributed by atoms with Crippen molar-refractivity contribution in [1.29, 1.82) is 10.5 Å². The number of nitrogens with zero attached hydrogens (tertiary/aromatic N) is 5. The minimum atomic E-state index is -0.0881. The van der Waals surface area contributed by atoms with Gasteiger partial charge in [0.05, 0.1) is 5.22 Å². The van der Waals surface area contributed by atoms with E-state index in [-0.39, 0.29) is 11.1 Å². The molecular weight excluding hydrogens is 268 g/mol. The first-order valence-corrected chi connectivity index (χ1v) is 6.08. The van der Waals surface area contributed by atoms with Crippen LogP contribution in [-0.4, -0.2) is 19.8 Å². The van der Waals surface area contributed by atoms with Gasteiger partial charge in [-0.2, -0.15) is 20.1 Å². The summed E-state index contributed by atoms with van der Waals surface area (Å²) in [7, 11) is 0. The number of nitrogens with one attached hydrogen (secondary N) is 1. The zero-order valence-electron chi connectivity index (χ0n) is 10.5. The molecule has 0 saturated heterocycles. The number of rotatable bonds is 0. The summed E-state index contributed by atoms with van der Waals surface area (Å²) in [6.07, 6.45) is 1.92. The molecule has 1 aliphatic heterocycles. The molecule has 7 heteroatoms. The average Bonchev–Trinajstić information content (AvgIpc) is 3.06. The normalized spacial score (nSPS) is 11.5. The molecule has 0 saturated carbocycles. The van der Waals surface area contributed by atoms with Crippen LogP contribution in [0.25, 0.3) is 17.3 Å². The molecule has 4 rings (SSSR count). The van der Waals surface area contributed by atoms with Crippen molar-refractivity contribution in [3.63, 3.8) is 0 Å². The van der Waals surface area contributed by atoms with Gasteiger partial charge in [0.1, 0.15) is 17.9 Å². The van der Waals surface area contributed by atoms with Crippen LogP contribution in [0.3, 0.4) is 0 Å². The van der Waals surface area contributed by atoms with E-state index in [1.54, 1.807) is 0 Å². The predicted octanol–water partition coefficient (Wildman–Crippen LogP) is 0.190. The quantitative estimate of drug-likeness (QED) is 0.493. The molecule has 1 N–H and O–H groups in total. The summed E-state index contributed by atoms with van der Waals surface area (Å²) in [5.41, 5.74) is 1.59. The molecule has 21 heavy (non-hydrogen) atoms. The maximum absolute atomic E-state index is 8.96. The lowest BCUT2D eigenvalue weighted by Crippen LogP contribution is -2.16. The number of hydrogen-bond acceptors (Lipinski definition) is 5. The van der Waals surface area contributed by atoms with Crippen molar-refractivity contribution >= 4 is 17.3 Å². The first-order chi connectivity index (χ1) is 10.3. The van der Waals surface area contributed by atoms with Gasteiger partial charge in [-0.3, -0.25) is 5.10 Å². The van der Waals surface area contributed by atoms with E-state index in [1.165, 1.54) is 4.52 Å². The van der Waals surface area contributed by atoms with E-state index in [1.807, 2.05) is 42.5 Å². The second kappa shape index (κ2) is 3.95. The molecule has 1 aliphatic rings. The molecule has 0 atom stereocenters. The Labute approximate surface area is 117 Å². The Kier molecular flexibility index (Phi) is 2.12. The number of H-pyrrole nitrogens is 1. The van der Waals surface area contributed by atoms with Crippen molar-refractivity contribution in [1.82, 2.24) is 19.8 Å². The van der Waals surface area contributed by atoms with Crippen LogP contribution in [0, 0.1) is 22.7 Å². The van der Waals surface area contributed by atoms with Crippen molar-refractivity contribution in [3.05, 3.63) is 40.5 Å². The molecule has 0 unspecified atom stereocenters. The topological polar surface area (TPSA) is 103 Å². The van der Waals surface area contributed by atoms with Gasteiger partial charge in [0.25, 0.3) is 0 Å². The van der Waals surface area contributed by atoms with E-state index in [4.69, 9.17) is 15.3 Å². The maximum Gasteiger partial charge on any atom is 0.248 e. The molecular formula is C14H6N6O. The summed E-state index contributed by atoms with van der Waals surface area (Å²) in [6, 6.07) is 11.2. The van der Waals surface area contributed by atoms with Gasteiger partial charge in [0.15, 0.2) is 16.7 Å². The minimum Gasteiger partial charge on any atom is -0.436 e. The molecule has 3 aromatic rings. The van der Waals surface area contributed by atoms with E-state index in [0.29, 0.717) is 22.5 Å². The number of hydrogen-bond donors (Lipinski definition) is 1. The lowest BCUT2D eigenvalue weighted by molar-refractivity contribution is 0.450. The number of nitriles is 2. The molecule has 1 aromatic carbocycles. The van der Waals surface area contributed by atoms with Crippen LogP contribution in [0.5, 0.6) is 11.6 Å². The SMILES string of the molecule is N#CC(C#N)=c1[nH]nc2c3c(nn12)Oc1ccccc1C=3. The number of fused-ring (bicyclic) bond motifs is 4. The number of para-hydroxylation sites is 1. The predicted molar refractivity (Wildman–Crippen MR) is 71.3 cm³/mol. The maximum atomic E-state index is 8.96. The largest absolute Gasteiger partial charge is 0.436 e. The smallest absolute Gasteiger partial charge is 0.248 e. The van der Waals surface area contributed by atoms with Crippen LogP contribution in [0.4, 0.5) is 0 Å². The van der Waals surface area contributed by atoms with Crippen molar-refractivity contribution in [2.75, 3.05) is 0 Å². The Hall–Kier alpha value is -3.58. The third kappa shape index (κ3) is 1.46. The van der Waals surface area contributed by atoms with E-state index in [2.05, 4.69) is 15.3 Å². The van der Waals surface area contributed by atoms with Crippen LogP contribution < -0.4 is 15.4 Å². The van der Waals surface area contributed by atoms with E-state index < -0.39 is 0 Å². The van der Waals surface area contributed by atoms with Crippen LogP contribution in [0.1, 0.15) is 5.56 Å². The fourth-order valence-corrected chi connectivity index (χ4v) is 2.27. The lowest BCUT2D eigenvalue weighted by atomic mass is 10.1. The zero-order chi connectivity index (χ0) is 14.4. The highest BCUT2D eigenvalue weighted by atomic mass is 16.5. The van der Waals surface area contributed by atoms with Crippen LogP contribution in [0.15, 0.2) is 24.3 Å². The molecule has 7 nitrogen and oxygen atoms in total. The molecule has 0 spiro atoms. The Morgan fingerprint density at radius 2 is 2.05 bits per heavy atom. The van der Waals surface area contributed by atoms with Gasteiger partial charge in [0.2, 0.25) is 5.88 Å².